The molecule has 0 heterocycles. The van der Waals surface area contributed by atoms with Gasteiger partial charge in [0.2, 0.25) is 0 Å². The van der Waals surface area contributed by atoms with Crippen molar-refractivity contribution in [2.24, 2.45) is 0 Å². The molecule has 0 fully saturated rings. The standard InChI is InChI=1S/C7H6BClF2O3/c9-6-2-1-4(14-7(10)11)3-5(6)8(12)13/h1-3,7,12-13H. The fraction of sp³-hybridized carbons (Fsp3) is 0.143. The second-order valence-corrected chi connectivity index (χ2v) is 2.84. The van der Waals surface area contributed by atoms with E-state index in [9.17, 15) is 8.78 Å². The van der Waals surface area contributed by atoms with Gasteiger partial charge in [0.25, 0.3) is 0 Å². The summed E-state index contributed by atoms with van der Waals surface area (Å²) >= 11 is 5.56. The molecule has 0 radical (unpaired) electrons. The zero-order valence-corrected chi connectivity index (χ0v) is 7.58. The van der Waals surface area contributed by atoms with E-state index >= 15 is 0 Å². The van der Waals surface area contributed by atoms with Gasteiger partial charge in [0.1, 0.15) is 5.75 Å². The Hall–Kier alpha value is -0.845. The van der Waals surface area contributed by atoms with Gasteiger partial charge in [0.15, 0.2) is 0 Å². The summed E-state index contributed by atoms with van der Waals surface area (Å²) in [6.45, 7) is -2.96. The van der Waals surface area contributed by atoms with Gasteiger partial charge in [-0.1, -0.05) is 11.6 Å². The fourth-order valence-corrected chi connectivity index (χ4v) is 1.11. The Morgan fingerprint density at radius 2 is 2.00 bits per heavy atom. The van der Waals surface area contributed by atoms with Gasteiger partial charge < -0.3 is 14.8 Å². The van der Waals surface area contributed by atoms with Gasteiger partial charge in [-0.15, -0.1) is 0 Å². The van der Waals surface area contributed by atoms with Crippen molar-refractivity contribution >= 4 is 24.2 Å². The van der Waals surface area contributed by atoms with Gasteiger partial charge in [-0.3, -0.25) is 0 Å². The van der Waals surface area contributed by atoms with Gasteiger partial charge in [-0.05, 0) is 18.2 Å². The molecule has 1 aromatic rings. The molecular formula is C7H6BClF2O3. The van der Waals surface area contributed by atoms with Crippen molar-refractivity contribution in [2.75, 3.05) is 0 Å². The Morgan fingerprint density at radius 1 is 1.36 bits per heavy atom. The SMILES string of the molecule is OB(O)c1cc(OC(F)F)ccc1Cl. The smallest absolute Gasteiger partial charge is 0.435 e. The first-order valence-electron chi connectivity index (χ1n) is 3.61. The van der Waals surface area contributed by atoms with E-state index in [2.05, 4.69) is 4.74 Å². The molecule has 7 heteroatoms. The average molecular weight is 222 g/mol. The van der Waals surface area contributed by atoms with Crippen LogP contribution < -0.4 is 10.2 Å². The second kappa shape index (κ2) is 4.59. The third-order valence-electron chi connectivity index (χ3n) is 1.47. The first-order chi connectivity index (χ1) is 6.50. The molecule has 76 valence electrons. The van der Waals surface area contributed by atoms with Crippen LogP contribution in [0.1, 0.15) is 0 Å². The summed E-state index contributed by atoms with van der Waals surface area (Å²) in [6, 6.07) is 3.49. The van der Waals surface area contributed by atoms with Crippen LogP contribution >= 0.6 is 11.6 Å². The van der Waals surface area contributed by atoms with E-state index in [-0.39, 0.29) is 16.2 Å². The summed E-state index contributed by atoms with van der Waals surface area (Å²) in [7, 11) is -1.82. The molecule has 3 nitrogen and oxygen atoms in total. The van der Waals surface area contributed by atoms with Crippen LogP contribution in [0.3, 0.4) is 0 Å². The molecule has 0 aliphatic carbocycles. The maximum Gasteiger partial charge on any atom is 0.490 e. The molecule has 1 aromatic carbocycles. The van der Waals surface area contributed by atoms with Gasteiger partial charge in [-0.2, -0.15) is 8.78 Å². The van der Waals surface area contributed by atoms with Crippen LogP contribution in [0, 0.1) is 0 Å². The highest BCUT2D eigenvalue weighted by molar-refractivity contribution is 6.62. The number of ether oxygens (including phenoxy) is 1. The lowest BCUT2D eigenvalue weighted by atomic mass is 9.80. The fourth-order valence-electron chi connectivity index (χ4n) is 0.896. The van der Waals surface area contributed by atoms with E-state index in [0.717, 1.165) is 6.07 Å². The number of hydrogen-bond acceptors (Lipinski definition) is 3. The number of rotatable bonds is 3. The molecule has 0 aliphatic rings. The zero-order chi connectivity index (χ0) is 10.7. The van der Waals surface area contributed by atoms with Crippen LogP contribution in [0.25, 0.3) is 0 Å². The highest BCUT2D eigenvalue weighted by atomic mass is 35.5. The van der Waals surface area contributed by atoms with E-state index < -0.39 is 13.7 Å². The first kappa shape index (κ1) is 11.2. The maximum absolute atomic E-state index is 11.8. The first-order valence-corrected chi connectivity index (χ1v) is 3.99. The van der Waals surface area contributed by atoms with Crippen molar-refractivity contribution in [3.8, 4) is 5.75 Å². The molecule has 0 saturated heterocycles. The van der Waals surface area contributed by atoms with Crippen molar-refractivity contribution in [1.29, 1.82) is 0 Å². The Balaban J connectivity index is 2.94. The van der Waals surface area contributed by atoms with Gasteiger partial charge in [0.05, 0.1) is 0 Å². The predicted octanol–water partition coefficient (Wildman–Crippen LogP) is 0.621. The minimum atomic E-state index is -2.96. The van der Waals surface area contributed by atoms with Crippen molar-refractivity contribution in [3.05, 3.63) is 23.2 Å². The molecular weight excluding hydrogens is 216 g/mol. The Morgan fingerprint density at radius 3 is 2.50 bits per heavy atom. The molecule has 0 unspecified atom stereocenters. The Labute approximate surface area is 84.0 Å². The molecule has 0 amide bonds. The molecule has 2 N–H and O–H groups in total. The highest BCUT2D eigenvalue weighted by Crippen LogP contribution is 2.16. The lowest BCUT2D eigenvalue weighted by Crippen LogP contribution is -2.30. The highest BCUT2D eigenvalue weighted by Gasteiger charge is 2.16. The number of halogens is 3. The zero-order valence-electron chi connectivity index (χ0n) is 6.82. The summed E-state index contributed by atoms with van der Waals surface area (Å²) in [5, 5.41) is 17.7. The molecule has 0 saturated carbocycles. The predicted molar refractivity (Wildman–Crippen MR) is 47.9 cm³/mol. The van der Waals surface area contributed by atoms with E-state index in [1.807, 2.05) is 0 Å². The minimum absolute atomic E-state index is 0.0709. The van der Waals surface area contributed by atoms with Crippen LogP contribution in [-0.2, 0) is 0 Å². The van der Waals surface area contributed by atoms with Crippen LogP contribution in [0.15, 0.2) is 18.2 Å². The summed E-state index contributed by atoms with van der Waals surface area (Å²) in [5.41, 5.74) is -0.0789. The minimum Gasteiger partial charge on any atom is -0.435 e. The Bertz CT molecular complexity index is 322. The van der Waals surface area contributed by atoms with Crippen LogP contribution in [0.4, 0.5) is 8.78 Å². The normalized spacial score (nSPS) is 10.4. The van der Waals surface area contributed by atoms with Crippen molar-refractivity contribution in [1.82, 2.24) is 0 Å². The third-order valence-corrected chi connectivity index (χ3v) is 1.82. The van der Waals surface area contributed by atoms with E-state index in [0.29, 0.717) is 0 Å². The summed E-state index contributed by atoms with van der Waals surface area (Å²) < 4.78 is 27.6. The number of benzene rings is 1. The topological polar surface area (TPSA) is 49.7 Å². The van der Waals surface area contributed by atoms with Gasteiger partial charge in [0, 0.05) is 10.5 Å². The third kappa shape index (κ3) is 2.83. The lowest BCUT2D eigenvalue weighted by Gasteiger charge is -2.07. The summed E-state index contributed by atoms with van der Waals surface area (Å²) in [5.74, 6) is -0.174. The molecule has 1 rings (SSSR count). The van der Waals surface area contributed by atoms with Gasteiger partial charge in [-0.25, -0.2) is 0 Å². The van der Waals surface area contributed by atoms with Crippen molar-refractivity contribution in [2.45, 2.75) is 6.61 Å². The number of alkyl halides is 2. The van der Waals surface area contributed by atoms with E-state index in [4.69, 9.17) is 21.6 Å². The van der Waals surface area contributed by atoms with E-state index in [1.165, 1.54) is 12.1 Å². The van der Waals surface area contributed by atoms with Crippen LogP contribution in [0.5, 0.6) is 5.75 Å². The second-order valence-electron chi connectivity index (χ2n) is 2.44. The summed E-state index contributed by atoms with van der Waals surface area (Å²) in [6.07, 6.45) is 0. The monoisotopic (exact) mass is 222 g/mol. The Kier molecular flexibility index (Phi) is 3.68. The van der Waals surface area contributed by atoms with E-state index in [1.54, 1.807) is 0 Å². The maximum atomic E-state index is 11.8. The largest absolute Gasteiger partial charge is 0.490 e. The van der Waals surface area contributed by atoms with Crippen LogP contribution in [-0.4, -0.2) is 23.8 Å². The molecule has 0 bridgehead atoms. The average Bonchev–Trinajstić information content (AvgIpc) is 2.07. The molecule has 0 aromatic heterocycles. The lowest BCUT2D eigenvalue weighted by molar-refractivity contribution is -0.0498. The molecule has 0 spiro atoms. The molecule has 0 aliphatic heterocycles. The molecule has 14 heavy (non-hydrogen) atoms. The quantitative estimate of drug-likeness (QED) is 0.737. The number of hydrogen-bond donors (Lipinski definition) is 2. The molecule has 0 atom stereocenters. The van der Waals surface area contributed by atoms with Crippen molar-refractivity contribution < 1.29 is 23.6 Å². The summed E-state index contributed by atoms with van der Waals surface area (Å²) in [4.78, 5) is 0. The van der Waals surface area contributed by atoms with Crippen molar-refractivity contribution in [3.63, 3.8) is 0 Å². The van der Waals surface area contributed by atoms with Gasteiger partial charge >= 0.3 is 13.7 Å². The van der Waals surface area contributed by atoms with Crippen LogP contribution in [0.2, 0.25) is 5.02 Å².